The molecule has 1 aliphatic rings. The average molecular weight is 348 g/mol. The standard InChI is InChI=1S/C21H17NS2/c1-13-7-9-14(10-8-13)16-12-17(19-6-3-11-23-19)22-21-20(16)15-4-2-5-18(15)24-21/h3,6-12H,2,4-5H2,1H3. The van der Waals surface area contributed by atoms with Crippen LogP contribution in [0.1, 0.15) is 22.4 Å². The van der Waals surface area contributed by atoms with E-state index in [1.54, 1.807) is 21.8 Å². The number of fused-ring (bicyclic) bond motifs is 3. The summed E-state index contributed by atoms with van der Waals surface area (Å²) in [5.41, 5.74) is 6.61. The molecule has 24 heavy (non-hydrogen) atoms. The molecule has 3 heteroatoms. The quantitative estimate of drug-likeness (QED) is 0.404. The van der Waals surface area contributed by atoms with Gasteiger partial charge in [0.2, 0.25) is 0 Å². The van der Waals surface area contributed by atoms with Crippen molar-refractivity contribution in [1.29, 1.82) is 0 Å². The molecule has 118 valence electrons. The van der Waals surface area contributed by atoms with E-state index in [1.165, 1.54) is 51.0 Å². The number of benzene rings is 1. The van der Waals surface area contributed by atoms with Crippen LogP contribution in [-0.4, -0.2) is 4.98 Å². The Balaban J connectivity index is 1.83. The number of hydrogen-bond donors (Lipinski definition) is 0. The minimum Gasteiger partial charge on any atom is -0.236 e. The lowest BCUT2D eigenvalue weighted by molar-refractivity contribution is 0.917. The maximum absolute atomic E-state index is 5.01. The van der Waals surface area contributed by atoms with E-state index in [2.05, 4.69) is 54.8 Å². The lowest BCUT2D eigenvalue weighted by Gasteiger charge is -2.09. The zero-order valence-electron chi connectivity index (χ0n) is 13.5. The van der Waals surface area contributed by atoms with Gasteiger partial charge in [-0.2, -0.15) is 0 Å². The number of hydrogen-bond acceptors (Lipinski definition) is 3. The molecule has 4 aromatic rings. The zero-order chi connectivity index (χ0) is 16.1. The Bertz CT molecular complexity index is 1020. The third kappa shape index (κ3) is 2.23. The fourth-order valence-electron chi connectivity index (χ4n) is 3.61. The van der Waals surface area contributed by atoms with Crippen molar-refractivity contribution in [3.8, 4) is 21.7 Å². The van der Waals surface area contributed by atoms with Crippen molar-refractivity contribution < 1.29 is 0 Å². The van der Waals surface area contributed by atoms with Crippen LogP contribution in [0.4, 0.5) is 0 Å². The van der Waals surface area contributed by atoms with Gasteiger partial charge in [-0.25, -0.2) is 4.98 Å². The number of aromatic nitrogens is 1. The second kappa shape index (κ2) is 5.54. The van der Waals surface area contributed by atoms with Gasteiger partial charge in [0, 0.05) is 10.3 Å². The maximum Gasteiger partial charge on any atom is 0.125 e. The molecule has 0 saturated carbocycles. The molecule has 0 unspecified atom stereocenters. The third-order valence-electron chi connectivity index (χ3n) is 4.81. The van der Waals surface area contributed by atoms with E-state index in [9.17, 15) is 0 Å². The monoisotopic (exact) mass is 347 g/mol. The molecule has 3 heterocycles. The summed E-state index contributed by atoms with van der Waals surface area (Å²) in [6.07, 6.45) is 3.71. The van der Waals surface area contributed by atoms with Crippen LogP contribution in [0.2, 0.25) is 0 Å². The topological polar surface area (TPSA) is 12.9 Å². The van der Waals surface area contributed by atoms with Crippen molar-refractivity contribution in [3.63, 3.8) is 0 Å². The van der Waals surface area contributed by atoms with Crippen LogP contribution >= 0.6 is 22.7 Å². The Labute approximate surface area is 149 Å². The third-order valence-corrected chi connectivity index (χ3v) is 6.89. The summed E-state index contributed by atoms with van der Waals surface area (Å²) < 4.78 is 0. The summed E-state index contributed by atoms with van der Waals surface area (Å²) in [4.78, 5) is 9.02. The van der Waals surface area contributed by atoms with Gasteiger partial charge >= 0.3 is 0 Å². The fraction of sp³-hybridized carbons (Fsp3) is 0.190. The molecular weight excluding hydrogens is 330 g/mol. The van der Waals surface area contributed by atoms with Crippen LogP contribution in [0.5, 0.6) is 0 Å². The molecule has 0 saturated heterocycles. The lowest BCUT2D eigenvalue weighted by atomic mass is 9.98. The molecule has 0 fully saturated rings. The first-order valence-electron chi connectivity index (χ1n) is 8.36. The lowest BCUT2D eigenvalue weighted by Crippen LogP contribution is -1.88. The van der Waals surface area contributed by atoms with Crippen molar-refractivity contribution in [2.24, 2.45) is 0 Å². The van der Waals surface area contributed by atoms with Gasteiger partial charge in [-0.15, -0.1) is 22.7 Å². The Hall–Kier alpha value is -1.97. The summed E-state index contributed by atoms with van der Waals surface area (Å²) >= 11 is 3.67. The van der Waals surface area contributed by atoms with Gasteiger partial charge in [0.05, 0.1) is 10.6 Å². The molecule has 1 aromatic carbocycles. The Morgan fingerprint density at radius 2 is 1.92 bits per heavy atom. The van der Waals surface area contributed by atoms with Crippen molar-refractivity contribution in [2.45, 2.75) is 26.2 Å². The van der Waals surface area contributed by atoms with E-state index in [1.807, 2.05) is 11.3 Å². The number of aryl methyl sites for hydroxylation is 3. The number of thiophene rings is 2. The minimum atomic E-state index is 1.10. The average Bonchev–Trinajstić information content (AvgIpc) is 3.31. The molecule has 0 aliphatic heterocycles. The minimum absolute atomic E-state index is 1.10. The van der Waals surface area contributed by atoms with E-state index in [-0.39, 0.29) is 0 Å². The summed E-state index contributed by atoms with van der Waals surface area (Å²) in [7, 11) is 0. The molecule has 1 nitrogen and oxygen atoms in total. The van der Waals surface area contributed by atoms with Crippen LogP contribution in [0.3, 0.4) is 0 Å². The highest BCUT2D eigenvalue weighted by Gasteiger charge is 2.22. The van der Waals surface area contributed by atoms with Gasteiger partial charge in [-0.1, -0.05) is 35.9 Å². The molecule has 0 radical (unpaired) electrons. The van der Waals surface area contributed by atoms with E-state index in [0.717, 1.165) is 5.69 Å². The van der Waals surface area contributed by atoms with E-state index >= 15 is 0 Å². The SMILES string of the molecule is Cc1ccc(-c2cc(-c3cccs3)nc3sc4c(c23)CCC4)cc1. The van der Waals surface area contributed by atoms with Crippen molar-refractivity contribution in [3.05, 3.63) is 63.8 Å². The van der Waals surface area contributed by atoms with Crippen molar-refractivity contribution in [2.75, 3.05) is 0 Å². The Morgan fingerprint density at radius 3 is 2.71 bits per heavy atom. The second-order valence-electron chi connectivity index (χ2n) is 6.44. The number of pyridine rings is 1. The van der Waals surface area contributed by atoms with E-state index in [0.29, 0.717) is 0 Å². The first-order valence-corrected chi connectivity index (χ1v) is 10.1. The van der Waals surface area contributed by atoms with Crippen molar-refractivity contribution >= 4 is 32.9 Å². The number of rotatable bonds is 2. The molecule has 0 bridgehead atoms. The summed E-state index contributed by atoms with van der Waals surface area (Å²) in [6, 6.07) is 15.5. The van der Waals surface area contributed by atoms with Gasteiger partial charge in [-0.05, 0) is 60.4 Å². The van der Waals surface area contributed by atoms with Crippen molar-refractivity contribution in [1.82, 2.24) is 4.98 Å². The second-order valence-corrected chi connectivity index (χ2v) is 8.47. The number of nitrogens with zero attached hydrogens (tertiary/aromatic N) is 1. The maximum atomic E-state index is 5.01. The molecule has 0 atom stereocenters. The highest BCUT2D eigenvalue weighted by Crippen LogP contribution is 2.43. The van der Waals surface area contributed by atoms with Gasteiger partial charge in [0.1, 0.15) is 4.83 Å². The van der Waals surface area contributed by atoms with Gasteiger partial charge in [0.15, 0.2) is 0 Å². The van der Waals surface area contributed by atoms with Crippen LogP contribution in [0.15, 0.2) is 47.8 Å². The molecule has 5 rings (SSSR count). The first kappa shape index (κ1) is 14.4. The molecule has 1 aliphatic carbocycles. The van der Waals surface area contributed by atoms with Crippen LogP contribution < -0.4 is 0 Å². The fourth-order valence-corrected chi connectivity index (χ4v) is 5.58. The smallest absolute Gasteiger partial charge is 0.125 e. The first-order chi connectivity index (χ1) is 11.8. The van der Waals surface area contributed by atoms with E-state index < -0.39 is 0 Å². The molecular formula is C21H17NS2. The van der Waals surface area contributed by atoms with Gasteiger partial charge in [0.25, 0.3) is 0 Å². The van der Waals surface area contributed by atoms with Gasteiger partial charge in [-0.3, -0.25) is 0 Å². The molecule has 3 aromatic heterocycles. The van der Waals surface area contributed by atoms with Crippen LogP contribution in [0.25, 0.3) is 31.9 Å². The summed E-state index contributed by atoms with van der Waals surface area (Å²) in [6.45, 7) is 2.14. The highest BCUT2D eigenvalue weighted by molar-refractivity contribution is 7.19. The molecule has 0 spiro atoms. The van der Waals surface area contributed by atoms with Gasteiger partial charge < -0.3 is 0 Å². The summed E-state index contributed by atoms with van der Waals surface area (Å²) in [5, 5.41) is 3.53. The predicted molar refractivity (Wildman–Crippen MR) is 105 cm³/mol. The largest absolute Gasteiger partial charge is 0.236 e. The Morgan fingerprint density at radius 1 is 1.04 bits per heavy atom. The predicted octanol–water partition coefficient (Wildman–Crippen LogP) is 6.49. The van der Waals surface area contributed by atoms with Crippen LogP contribution in [-0.2, 0) is 12.8 Å². The zero-order valence-corrected chi connectivity index (χ0v) is 15.1. The summed E-state index contributed by atoms with van der Waals surface area (Å²) in [5.74, 6) is 0. The molecule has 0 amide bonds. The highest BCUT2D eigenvalue weighted by atomic mass is 32.1. The Kier molecular flexibility index (Phi) is 3.32. The van der Waals surface area contributed by atoms with E-state index in [4.69, 9.17) is 4.98 Å². The van der Waals surface area contributed by atoms with Crippen LogP contribution in [0, 0.1) is 6.92 Å². The molecule has 0 N–H and O–H groups in total. The normalized spacial score (nSPS) is 13.5.